The molecule has 6 heteroatoms. The van der Waals surface area contributed by atoms with Gasteiger partial charge in [-0.15, -0.1) is 0 Å². The molecule has 1 heterocycles. The Bertz CT molecular complexity index is 640. The number of benzene rings is 1. The first-order chi connectivity index (χ1) is 11.6. The van der Waals surface area contributed by atoms with Crippen molar-refractivity contribution in [2.75, 3.05) is 20.3 Å². The Labute approximate surface area is 141 Å². The van der Waals surface area contributed by atoms with E-state index in [0.29, 0.717) is 25.3 Å². The molecule has 2 aromatic rings. The molecule has 2 rings (SSSR count). The van der Waals surface area contributed by atoms with Gasteiger partial charge in [-0.3, -0.25) is 9.59 Å². The van der Waals surface area contributed by atoms with Gasteiger partial charge in [0.1, 0.15) is 12.3 Å². The predicted octanol–water partition coefficient (Wildman–Crippen LogP) is 2.07. The zero-order valence-electron chi connectivity index (χ0n) is 13.9. The second-order valence-electron chi connectivity index (χ2n) is 5.45. The van der Waals surface area contributed by atoms with Gasteiger partial charge in [-0.25, -0.2) is 0 Å². The van der Waals surface area contributed by atoms with Crippen molar-refractivity contribution in [3.8, 4) is 0 Å². The van der Waals surface area contributed by atoms with Crippen LogP contribution in [0.4, 0.5) is 0 Å². The van der Waals surface area contributed by atoms with Crippen molar-refractivity contribution in [3.05, 3.63) is 60.1 Å². The third kappa shape index (κ3) is 4.96. The standard InChI is InChI=1S/C18H22N2O4/c1-14(19-17(21)16-8-10-24-13-16)18(22)20(9-11-23-2)12-15-6-4-3-5-7-15/h3-8,10,13-14H,9,11-12H2,1-2H3,(H,19,21). The van der Waals surface area contributed by atoms with Gasteiger partial charge in [0.05, 0.1) is 18.4 Å². The van der Waals surface area contributed by atoms with E-state index in [0.717, 1.165) is 5.56 Å². The lowest BCUT2D eigenvalue weighted by Gasteiger charge is -2.26. The molecule has 1 aromatic heterocycles. The molecule has 0 bridgehead atoms. The van der Waals surface area contributed by atoms with Crippen LogP contribution in [0.5, 0.6) is 0 Å². The maximum absolute atomic E-state index is 12.7. The highest BCUT2D eigenvalue weighted by Gasteiger charge is 2.23. The molecule has 0 aliphatic rings. The minimum absolute atomic E-state index is 0.159. The van der Waals surface area contributed by atoms with Gasteiger partial charge in [0, 0.05) is 20.2 Å². The van der Waals surface area contributed by atoms with Gasteiger partial charge in [0.2, 0.25) is 5.91 Å². The first-order valence-corrected chi connectivity index (χ1v) is 7.76. The van der Waals surface area contributed by atoms with E-state index in [4.69, 9.17) is 9.15 Å². The lowest BCUT2D eigenvalue weighted by molar-refractivity contribution is -0.134. The minimum atomic E-state index is -0.645. The molecule has 0 fully saturated rings. The molecule has 0 spiro atoms. The summed E-state index contributed by atoms with van der Waals surface area (Å²) in [4.78, 5) is 26.4. The van der Waals surface area contributed by atoms with Crippen LogP contribution in [0.2, 0.25) is 0 Å². The van der Waals surface area contributed by atoms with Crippen molar-refractivity contribution >= 4 is 11.8 Å². The van der Waals surface area contributed by atoms with Crippen molar-refractivity contribution in [3.63, 3.8) is 0 Å². The molecule has 1 N–H and O–H groups in total. The smallest absolute Gasteiger partial charge is 0.255 e. The van der Waals surface area contributed by atoms with Crippen LogP contribution in [0.25, 0.3) is 0 Å². The summed E-state index contributed by atoms with van der Waals surface area (Å²) < 4.78 is 9.97. The maximum atomic E-state index is 12.7. The van der Waals surface area contributed by atoms with E-state index in [1.807, 2.05) is 30.3 Å². The number of nitrogens with zero attached hydrogens (tertiary/aromatic N) is 1. The number of nitrogens with one attached hydrogen (secondary N) is 1. The summed E-state index contributed by atoms with van der Waals surface area (Å²) in [5.74, 6) is -0.497. The zero-order valence-corrected chi connectivity index (χ0v) is 13.9. The van der Waals surface area contributed by atoms with Crippen LogP contribution in [-0.2, 0) is 16.1 Å². The molecular weight excluding hydrogens is 308 g/mol. The molecule has 0 aliphatic heterocycles. The topological polar surface area (TPSA) is 71.8 Å². The van der Waals surface area contributed by atoms with Gasteiger partial charge in [-0.05, 0) is 18.6 Å². The molecule has 1 aromatic carbocycles. The molecule has 128 valence electrons. The maximum Gasteiger partial charge on any atom is 0.255 e. The van der Waals surface area contributed by atoms with Crippen LogP contribution in [0, 0.1) is 0 Å². The third-order valence-electron chi connectivity index (χ3n) is 3.59. The van der Waals surface area contributed by atoms with E-state index in [1.54, 1.807) is 25.0 Å². The Morgan fingerprint density at radius 1 is 1.25 bits per heavy atom. The minimum Gasteiger partial charge on any atom is -0.472 e. The van der Waals surface area contributed by atoms with Crippen molar-refractivity contribution in [1.82, 2.24) is 10.2 Å². The van der Waals surface area contributed by atoms with Gasteiger partial charge in [0.25, 0.3) is 5.91 Å². The van der Waals surface area contributed by atoms with Gasteiger partial charge >= 0.3 is 0 Å². The molecule has 2 amide bonds. The van der Waals surface area contributed by atoms with Crippen molar-refractivity contribution in [2.24, 2.45) is 0 Å². The normalized spacial score (nSPS) is 11.8. The number of hydrogen-bond acceptors (Lipinski definition) is 4. The lowest BCUT2D eigenvalue weighted by atomic mass is 10.2. The van der Waals surface area contributed by atoms with Gasteiger partial charge in [-0.2, -0.15) is 0 Å². The highest BCUT2D eigenvalue weighted by Crippen LogP contribution is 2.07. The van der Waals surface area contributed by atoms with E-state index in [2.05, 4.69) is 5.32 Å². The molecule has 0 aliphatic carbocycles. The van der Waals surface area contributed by atoms with Crippen LogP contribution in [0.1, 0.15) is 22.8 Å². The second kappa shape index (κ2) is 8.88. The average molecular weight is 330 g/mol. The van der Waals surface area contributed by atoms with E-state index < -0.39 is 6.04 Å². The molecule has 0 saturated carbocycles. The number of rotatable bonds is 8. The largest absolute Gasteiger partial charge is 0.472 e. The molecule has 0 radical (unpaired) electrons. The lowest BCUT2D eigenvalue weighted by Crippen LogP contribution is -2.47. The summed E-state index contributed by atoms with van der Waals surface area (Å²) in [5, 5.41) is 2.69. The SMILES string of the molecule is COCCN(Cc1ccccc1)C(=O)C(C)NC(=O)c1ccoc1. The first kappa shape index (κ1) is 17.7. The number of hydrogen-bond donors (Lipinski definition) is 1. The monoisotopic (exact) mass is 330 g/mol. The molecule has 24 heavy (non-hydrogen) atoms. The second-order valence-corrected chi connectivity index (χ2v) is 5.45. The molecular formula is C18H22N2O4. The summed E-state index contributed by atoms with van der Waals surface area (Å²) in [6.45, 7) is 3.02. The number of ether oxygens (including phenoxy) is 1. The first-order valence-electron chi connectivity index (χ1n) is 7.76. The average Bonchev–Trinajstić information content (AvgIpc) is 3.13. The van der Waals surface area contributed by atoms with Crippen LogP contribution < -0.4 is 5.32 Å². The molecule has 6 nitrogen and oxygen atoms in total. The van der Waals surface area contributed by atoms with Crippen LogP contribution in [0.15, 0.2) is 53.3 Å². The Kier molecular flexibility index (Phi) is 6.57. The fourth-order valence-electron chi connectivity index (χ4n) is 2.28. The van der Waals surface area contributed by atoms with Crippen LogP contribution >= 0.6 is 0 Å². The summed E-state index contributed by atoms with van der Waals surface area (Å²) in [7, 11) is 1.59. The highest BCUT2D eigenvalue weighted by molar-refractivity contribution is 5.97. The van der Waals surface area contributed by atoms with Crippen molar-refractivity contribution < 1.29 is 18.7 Å². The summed E-state index contributed by atoms with van der Waals surface area (Å²) in [6, 6.07) is 10.6. The van der Waals surface area contributed by atoms with Crippen LogP contribution in [0.3, 0.4) is 0 Å². The summed E-state index contributed by atoms with van der Waals surface area (Å²) in [5.41, 5.74) is 1.41. The van der Waals surface area contributed by atoms with Crippen molar-refractivity contribution in [2.45, 2.75) is 19.5 Å². The highest BCUT2D eigenvalue weighted by atomic mass is 16.5. The van der Waals surface area contributed by atoms with E-state index in [-0.39, 0.29) is 11.8 Å². The number of furan rings is 1. The van der Waals surface area contributed by atoms with E-state index in [1.165, 1.54) is 12.5 Å². The number of amides is 2. The zero-order chi connectivity index (χ0) is 17.4. The number of methoxy groups -OCH3 is 1. The van der Waals surface area contributed by atoms with Gasteiger partial charge < -0.3 is 19.4 Å². The van der Waals surface area contributed by atoms with E-state index in [9.17, 15) is 9.59 Å². The van der Waals surface area contributed by atoms with Crippen molar-refractivity contribution in [1.29, 1.82) is 0 Å². The predicted molar refractivity (Wildman–Crippen MR) is 89.4 cm³/mol. The van der Waals surface area contributed by atoms with Gasteiger partial charge in [-0.1, -0.05) is 30.3 Å². The quantitative estimate of drug-likeness (QED) is 0.804. The Morgan fingerprint density at radius 3 is 2.62 bits per heavy atom. The van der Waals surface area contributed by atoms with Crippen LogP contribution in [-0.4, -0.2) is 43.0 Å². The summed E-state index contributed by atoms with van der Waals surface area (Å²) in [6.07, 6.45) is 2.76. The summed E-state index contributed by atoms with van der Waals surface area (Å²) >= 11 is 0. The fourth-order valence-corrected chi connectivity index (χ4v) is 2.28. The molecule has 0 saturated heterocycles. The molecule has 1 atom stereocenters. The fraction of sp³-hybridized carbons (Fsp3) is 0.333. The van der Waals surface area contributed by atoms with E-state index >= 15 is 0 Å². The Morgan fingerprint density at radius 2 is 2.00 bits per heavy atom. The Hall–Kier alpha value is -2.60. The number of carbonyl (C=O) groups is 2. The third-order valence-corrected chi connectivity index (χ3v) is 3.59. The Balaban J connectivity index is 2.01. The number of carbonyl (C=O) groups excluding carboxylic acids is 2. The van der Waals surface area contributed by atoms with Gasteiger partial charge in [0.15, 0.2) is 0 Å². The molecule has 1 unspecified atom stereocenters.